The maximum absolute atomic E-state index is 12.2. The molecule has 2 aliphatic rings. The minimum absolute atomic E-state index is 0.0183. The fraction of sp³-hybridized carbons (Fsp3) is 0.588. The van der Waals surface area contributed by atoms with E-state index in [1.807, 2.05) is 18.2 Å². The number of fused-ring (bicyclic) bond motifs is 1. The van der Waals surface area contributed by atoms with E-state index in [0.29, 0.717) is 13.1 Å². The molecule has 23 heavy (non-hydrogen) atoms. The Labute approximate surface area is 136 Å². The molecular weight excluding hydrogens is 296 g/mol. The summed E-state index contributed by atoms with van der Waals surface area (Å²) in [6.45, 7) is 3.71. The summed E-state index contributed by atoms with van der Waals surface area (Å²) in [6.07, 6.45) is 2.74. The Hall–Kier alpha value is -1.79. The molecular formula is C17H24N2O4. The summed E-state index contributed by atoms with van der Waals surface area (Å²) in [4.78, 5) is 14.3. The largest absolute Gasteiger partial charge is 0.454 e. The van der Waals surface area contributed by atoms with Gasteiger partial charge in [0.05, 0.1) is 12.6 Å². The van der Waals surface area contributed by atoms with Gasteiger partial charge in [-0.05, 0) is 44.0 Å². The Morgan fingerprint density at radius 2 is 2.22 bits per heavy atom. The lowest BCUT2D eigenvalue weighted by molar-refractivity contribution is -0.124. The minimum Gasteiger partial charge on any atom is -0.454 e. The number of ether oxygens (including phenoxy) is 2. The zero-order valence-electron chi connectivity index (χ0n) is 13.5. The van der Waals surface area contributed by atoms with Crippen LogP contribution in [0.2, 0.25) is 0 Å². The van der Waals surface area contributed by atoms with Crippen molar-refractivity contribution in [1.82, 2.24) is 10.2 Å². The van der Waals surface area contributed by atoms with Crippen molar-refractivity contribution in [2.24, 2.45) is 0 Å². The van der Waals surface area contributed by atoms with Crippen molar-refractivity contribution in [3.05, 3.63) is 23.8 Å². The molecule has 1 aromatic carbocycles. The molecule has 0 aromatic heterocycles. The summed E-state index contributed by atoms with van der Waals surface area (Å²) in [6, 6.07) is 5.76. The highest BCUT2D eigenvalue weighted by Crippen LogP contribution is 2.32. The Morgan fingerprint density at radius 3 is 3.04 bits per heavy atom. The number of rotatable bonds is 5. The lowest BCUT2D eigenvalue weighted by Gasteiger charge is -2.36. The molecule has 1 aromatic rings. The van der Waals surface area contributed by atoms with Crippen LogP contribution in [0.5, 0.6) is 11.5 Å². The van der Waals surface area contributed by atoms with Gasteiger partial charge in [0.2, 0.25) is 12.7 Å². The normalized spacial score (nSPS) is 21.9. The highest BCUT2D eigenvalue weighted by Gasteiger charge is 2.27. The zero-order valence-corrected chi connectivity index (χ0v) is 13.5. The van der Waals surface area contributed by atoms with Crippen LogP contribution in [0.1, 0.15) is 31.7 Å². The predicted octanol–water partition coefficient (Wildman–Crippen LogP) is 1.27. The molecule has 6 heteroatoms. The predicted molar refractivity (Wildman–Crippen MR) is 85.3 cm³/mol. The van der Waals surface area contributed by atoms with Gasteiger partial charge in [0.25, 0.3) is 0 Å². The van der Waals surface area contributed by atoms with E-state index in [0.717, 1.165) is 42.9 Å². The number of carbonyl (C=O) groups excluding carboxylic acids is 1. The number of aliphatic hydroxyl groups is 1. The van der Waals surface area contributed by atoms with E-state index in [-0.39, 0.29) is 18.7 Å². The summed E-state index contributed by atoms with van der Waals surface area (Å²) in [7, 11) is 0. The molecule has 126 valence electrons. The van der Waals surface area contributed by atoms with E-state index in [2.05, 4.69) is 10.2 Å². The van der Waals surface area contributed by atoms with Gasteiger partial charge in [-0.15, -0.1) is 0 Å². The average Bonchev–Trinajstić information content (AvgIpc) is 3.01. The summed E-state index contributed by atoms with van der Waals surface area (Å²) in [5.74, 6) is 1.45. The van der Waals surface area contributed by atoms with Crippen LogP contribution in [0.3, 0.4) is 0 Å². The third-order valence-electron chi connectivity index (χ3n) is 4.49. The van der Waals surface area contributed by atoms with Crippen molar-refractivity contribution >= 4 is 5.91 Å². The number of hydrogen-bond donors (Lipinski definition) is 2. The van der Waals surface area contributed by atoms with Gasteiger partial charge in [-0.3, -0.25) is 9.69 Å². The first-order valence-corrected chi connectivity index (χ1v) is 8.21. The van der Waals surface area contributed by atoms with E-state index in [4.69, 9.17) is 9.47 Å². The number of amides is 1. The Balaban J connectivity index is 1.51. The van der Waals surface area contributed by atoms with E-state index in [1.165, 1.54) is 0 Å². The Bertz CT molecular complexity index is 562. The SMILES string of the molecule is C[C@@H](O)[C@H]1CCCCN1CC(=O)NCc1ccc2c(c1)OCO2. The lowest BCUT2D eigenvalue weighted by Crippen LogP contribution is -2.49. The quantitative estimate of drug-likeness (QED) is 0.855. The molecule has 6 nitrogen and oxygen atoms in total. The van der Waals surface area contributed by atoms with Crippen molar-refractivity contribution in [1.29, 1.82) is 0 Å². The minimum atomic E-state index is -0.406. The molecule has 2 aliphatic heterocycles. The number of nitrogens with zero attached hydrogens (tertiary/aromatic N) is 1. The molecule has 2 heterocycles. The van der Waals surface area contributed by atoms with Gasteiger partial charge < -0.3 is 19.9 Å². The third-order valence-corrected chi connectivity index (χ3v) is 4.49. The van der Waals surface area contributed by atoms with Crippen molar-refractivity contribution in [3.63, 3.8) is 0 Å². The maximum atomic E-state index is 12.2. The van der Waals surface area contributed by atoms with Crippen molar-refractivity contribution in [2.45, 2.75) is 44.9 Å². The zero-order chi connectivity index (χ0) is 16.2. The highest BCUT2D eigenvalue weighted by molar-refractivity contribution is 5.78. The number of likely N-dealkylation sites (tertiary alicyclic amines) is 1. The molecule has 2 N–H and O–H groups in total. The van der Waals surface area contributed by atoms with Crippen molar-refractivity contribution < 1.29 is 19.4 Å². The number of hydrogen-bond acceptors (Lipinski definition) is 5. The fourth-order valence-corrected chi connectivity index (χ4v) is 3.25. The standard InChI is InChI=1S/C17H24N2O4/c1-12(20)14-4-2-3-7-19(14)10-17(21)18-9-13-5-6-15-16(8-13)23-11-22-15/h5-6,8,12,14,20H,2-4,7,9-11H2,1H3,(H,18,21)/t12-,14-/m1/s1. The van der Waals surface area contributed by atoms with Gasteiger partial charge in [0, 0.05) is 12.6 Å². The summed E-state index contributed by atoms with van der Waals surface area (Å²) < 4.78 is 10.6. The van der Waals surface area contributed by atoms with Gasteiger partial charge in [-0.25, -0.2) is 0 Å². The van der Waals surface area contributed by atoms with Crippen molar-refractivity contribution in [2.75, 3.05) is 19.9 Å². The topological polar surface area (TPSA) is 71.0 Å². The van der Waals surface area contributed by atoms with Crippen LogP contribution in [0, 0.1) is 0 Å². The van der Waals surface area contributed by atoms with Gasteiger partial charge in [-0.2, -0.15) is 0 Å². The molecule has 2 atom stereocenters. The number of nitrogens with one attached hydrogen (secondary N) is 1. The van der Waals surface area contributed by atoms with Crippen LogP contribution < -0.4 is 14.8 Å². The number of aliphatic hydroxyl groups excluding tert-OH is 1. The van der Waals surface area contributed by atoms with E-state index >= 15 is 0 Å². The molecule has 0 spiro atoms. The summed E-state index contributed by atoms with van der Waals surface area (Å²) in [5.41, 5.74) is 0.980. The molecule has 0 saturated carbocycles. The van der Waals surface area contributed by atoms with Crippen LogP contribution in [-0.2, 0) is 11.3 Å². The molecule has 1 saturated heterocycles. The van der Waals surface area contributed by atoms with Crippen LogP contribution >= 0.6 is 0 Å². The molecule has 0 bridgehead atoms. The van der Waals surface area contributed by atoms with Gasteiger partial charge >= 0.3 is 0 Å². The fourth-order valence-electron chi connectivity index (χ4n) is 3.25. The van der Waals surface area contributed by atoms with E-state index in [1.54, 1.807) is 6.92 Å². The average molecular weight is 320 g/mol. The molecule has 3 rings (SSSR count). The maximum Gasteiger partial charge on any atom is 0.234 e. The number of benzene rings is 1. The highest BCUT2D eigenvalue weighted by atomic mass is 16.7. The second kappa shape index (κ2) is 7.19. The molecule has 0 aliphatic carbocycles. The summed E-state index contributed by atoms with van der Waals surface area (Å²) in [5, 5.41) is 12.8. The molecule has 0 radical (unpaired) electrons. The smallest absolute Gasteiger partial charge is 0.234 e. The first kappa shape index (κ1) is 16.1. The molecule has 0 unspecified atom stereocenters. The second-order valence-electron chi connectivity index (χ2n) is 6.24. The van der Waals surface area contributed by atoms with Crippen LogP contribution in [0.25, 0.3) is 0 Å². The van der Waals surface area contributed by atoms with Crippen LogP contribution in [-0.4, -0.2) is 47.9 Å². The van der Waals surface area contributed by atoms with Gasteiger partial charge in [0.15, 0.2) is 11.5 Å². The Morgan fingerprint density at radius 1 is 1.39 bits per heavy atom. The summed E-state index contributed by atoms with van der Waals surface area (Å²) >= 11 is 0. The Kier molecular flexibility index (Phi) is 5.03. The molecule has 1 fully saturated rings. The first-order valence-electron chi connectivity index (χ1n) is 8.21. The van der Waals surface area contributed by atoms with Gasteiger partial charge in [-0.1, -0.05) is 12.5 Å². The van der Waals surface area contributed by atoms with Crippen LogP contribution in [0.15, 0.2) is 18.2 Å². The van der Waals surface area contributed by atoms with Gasteiger partial charge in [0.1, 0.15) is 0 Å². The third kappa shape index (κ3) is 3.95. The number of carbonyl (C=O) groups is 1. The first-order chi connectivity index (χ1) is 11.1. The van der Waals surface area contributed by atoms with E-state index < -0.39 is 6.10 Å². The van der Waals surface area contributed by atoms with Crippen molar-refractivity contribution in [3.8, 4) is 11.5 Å². The molecule has 1 amide bonds. The monoisotopic (exact) mass is 320 g/mol. The lowest BCUT2D eigenvalue weighted by atomic mass is 9.98. The van der Waals surface area contributed by atoms with E-state index in [9.17, 15) is 9.90 Å². The van der Waals surface area contributed by atoms with Crippen LogP contribution in [0.4, 0.5) is 0 Å². The second-order valence-corrected chi connectivity index (χ2v) is 6.24. The number of piperidine rings is 1.